The van der Waals surface area contributed by atoms with E-state index in [0.29, 0.717) is 0 Å². The van der Waals surface area contributed by atoms with Crippen molar-refractivity contribution in [2.75, 3.05) is 5.75 Å². The van der Waals surface area contributed by atoms with Crippen molar-refractivity contribution in [3.8, 4) is 0 Å². The van der Waals surface area contributed by atoms with Gasteiger partial charge in [-0.2, -0.15) is 0 Å². The molecule has 3 rings (SSSR count). The largest absolute Gasteiger partial charge is 0.226 e. The molecule has 18 heavy (non-hydrogen) atoms. The Bertz CT molecular complexity index is 588. The zero-order valence-electron chi connectivity index (χ0n) is 9.78. The molecule has 0 N–H and O–H groups in total. The maximum absolute atomic E-state index is 4.58. The van der Waals surface area contributed by atoms with Crippen molar-refractivity contribution in [2.45, 2.75) is 0 Å². The topological polar surface area (TPSA) is 24.7 Å². The summed E-state index contributed by atoms with van der Waals surface area (Å²) < 4.78 is 0. The molecule has 2 aromatic rings. The van der Waals surface area contributed by atoms with Gasteiger partial charge in [0, 0.05) is 5.75 Å². The van der Waals surface area contributed by atoms with Crippen LogP contribution in [0.1, 0.15) is 5.56 Å². The highest BCUT2D eigenvalue weighted by molar-refractivity contribution is 8.15. The molecule has 0 saturated carbocycles. The van der Waals surface area contributed by atoms with E-state index < -0.39 is 0 Å². The maximum atomic E-state index is 4.58. The molecule has 0 unspecified atom stereocenters. The van der Waals surface area contributed by atoms with Gasteiger partial charge in [-0.05, 0) is 17.7 Å². The highest BCUT2D eigenvalue weighted by Crippen LogP contribution is 2.22. The van der Waals surface area contributed by atoms with Gasteiger partial charge < -0.3 is 0 Å². The third kappa shape index (κ3) is 2.51. The van der Waals surface area contributed by atoms with Gasteiger partial charge in [-0.3, -0.25) is 0 Å². The Balaban J connectivity index is 1.86. The second-order valence-electron chi connectivity index (χ2n) is 3.94. The number of nitrogens with zero attached hydrogens (tertiary/aromatic N) is 2. The maximum Gasteiger partial charge on any atom is 0.188 e. The van der Waals surface area contributed by atoms with Crippen LogP contribution in [0.2, 0.25) is 0 Å². The Morgan fingerprint density at radius 3 is 2.28 bits per heavy atom. The quantitative estimate of drug-likeness (QED) is 0.795. The average molecular weight is 252 g/mol. The molecule has 0 saturated heterocycles. The summed E-state index contributed by atoms with van der Waals surface area (Å²) in [4.78, 5) is 9.11. The van der Waals surface area contributed by atoms with E-state index in [9.17, 15) is 0 Å². The minimum Gasteiger partial charge on any atom is -0.226 e. The smallest absolute Gasteiger partial charge is 0.188 e. The van der Waals surface area contributed by atoms with E-state index in [4.69, 9.17) is 0 Å². The zero-order chi connectivity index (χ0) is 12.2. The van der Waals surface area contributed by atoms with Crippen LogP contribution >= 0.6 is 11.8 Å². The van der Waals surface area contributed by atoms with Crippen LogP contribution in [0.4, 0.5) is 5.69 Å². The van der Waals surface area contributed by atoms with E-state index >= 15 is 0 Å². The van der Waals surface area contributed by atoms with Gasteiger partial charge in [-0.25, -0.2) is 9.98 Å². The van der Waals surface area contributed by atoms with Crippen molar-refractivity contribution >= 4 is 28.3 Å². The summed E-state index contributed by atoms with van der Waals surface area (Å²) in [6.45, 7) is 0. The zero-order valence-corrected chi connectivity index (χ0v) is 10.6. The van der Waals surface area contributed by atoms with E-state index in [1.54, 1.807) is 11.8 Å². The molecule has 88 valence electrons. The van der Waals surface area contributed by atoms with Gasteiger partial charge in [0.2, 0.25) is 0 Å². The molecular weight excluding hydrogens is 240 g/mol. The van der Waals surface area contributed by atoms with Crippen LogP contribution in [0, 0.1) is 0 Å². The molecule has 0 aliphatic carbocycles. The highest BCUT2D eigenvalue weighted by Gasteiger charge is 2.14. The summed E-state index contributed by atoms with van der Waals surface area (Å²) in [6.07, 6.45) is 0. The van der Waals surface area contributed by atoms with E-state index in [2.05, 4.69) is 22.1 Å². The van der Waals surface area contributed by atoms with Crippen molar-refractivity contribution in [3.63, 3.8) is 0 Å². The molecule has 1 aliphatic heterocycles. The summed E-state index contributed by atoms with van der Waals surface area (Å²) in [5, 5.41) is 0.847. The van der Waals surface area contributed by atoms with Crippen molar-refractivity contribution in [1.82, 2.24) is 0 Å². The number of hydrogen-bond donors (Lipinski definition) is 0. The average Bonchev–Trinajstić information content (AvgIpc) is 2.89. The third-order valence-electron chi connectivity index (χ3n) is 2.66. The summed E-state index contributed by atoms with van der Waals surface area (Å²) in [5.74, 6) is 0.898. The van der Waals surface area contributed by atoms with Gasteiger partial charge in [0.15, 0.2) is 5.17 Å². The first kappa shape index (κ1) is 11.2. The molecule has 2 nitrogen and oxygen atoms in total. The Labute approximate surface area is 110 Å². The molecule has 0 radical (unpaired) electrons. The van der Waals surface area contributed by atoms with Gasteiger partial charge in [0.25, 0.3) is 0 Å². The van der Waals surface area contributed by atoms with Crippen LogP contribution in [-0.4, -0.2) is 16.6 Å². The van der Waals surface area contributed by atoms with Gasteiger partial charge in [-0.1, -0.05) is 60.3 Å². The van der Waals surface area contributed by atoms with Crippen molar-refractivity contribution < 1.29 is 0 Å². The first-order chi connectivity index (χ1) is 8.92. The lowest BCUT2D eigenvalue weighted by molar-refractivity contribution is 1.50. The predicted octanol–water partition coefficient (Wildman–Crippen LogP) is 3.91. The van der Waals surface area contributed by atoms with Crippen LogP contribution in [-0.2, 0) is 0 Å². The minimum atomic E-state index is 0.847. The predicted molar refractivity (Wildman–Crippen MR) is 79.0 cm³/mol. The highest BCUT2D eigenvalue weighted by atomic mass is 32.2. The molecule has 0 fully saturated rings. The minimum absolute atomic E-state index is 0.847. The molecule has 0 bridgehead atoms. The van der Waals surface area contributed by atoms with E-state index in [-0.39, 0.29) is 0 Å². The van der Waals surface area contributed by atoms with Crippen molar-refractivity contribution in [2.24, 2.45) is 9.98 Å². The van der Waals surface area contributed by atoms with Crippen LogP contribution in [0.15, 0.2) is 70.6 Å². The molecule has 1 aliphatic rings. The van der Waals surface area contributed by atoms with Crippen LogP contribution in [0.3, 0.4) is 0 Å². The van der Waals surface area contributed by atoms with Gasteiger partial charge >= 0.3 is 0 Å². The van der Waals surface area contributed by atoms with Gasteiger partial charge in [-0.15, -0.1) is 0 Å². The number of rotatable bonds is 2. The molecule has 0 amide bonds. The Kier molecular flexibility index (Phi) is 3.24. The molecule has 0 aromatic heterocycles. The Hall–Kier alpha value is -1.87. The molecule has 3 heteroatoms. The third-order valence-corrected chi connectivity index (χ3v) is 3.52. The summed E-state index contributed by atoms with van der Waals surface area (Å²) in [6, 6.07) is 20.2. The van der Waals surface area contributed by atoms with Crippen molar-refractivity contribution in [3.05, 3.63) is 66.2 Å². The number of benzene rings is 2. The second-order valence-corrected chi connectivity index (χ2v) is 4.89. The summed E-state index contributed by atoms with van der Waals surface area (Å²) in [5.41, 5.74) is 3.25. The van der Waals surface area contributed by atoms with E-state index in [1.165, 1.54) is 5.56 Å². The first-order valence-electron chi connectivity index (χ1n) is 5.81. The number of amidine groups is 1. The standard InChI is InChI=1S/C15H12N2S/c1-3-7-12(8-4-1)14-11-18-15(17-14)16-13-9-5-2-6-10-13/h1-10H,11H2. The monoisotopic (exact) mass is 252 g/mol. The normalized spacial score (nSPS) is 16.9. The van der Waals surface area contributed by atoms with E-state index in [0.717, 1.165) is 22.3 Å². The van der Waals surface area contributed by atoms with Gasteiger partial charge in [0.1, 0.15) is 0 Å². The lowest BCUT2D eigenvalue weighted by Gasteiger charge is -1.96. The molecule has 0 atom stereocenters. The lowest BCUT2D eigenvalue weighted by atomic mass is 10.1. The Morgan fingerprint density at radius 2 is 1.56 bits per heavy atom. The van der Waals surface area contributed by atoms with Crippen LogP contribution < -0.4 is 0 Å². The number of thioether (sulfide) groups is 1. The SMILES string of the molecule is c1ccc(N=C2N=C(c3ccccc3)CS2)cc1. The fraction of sp³-hybridized carbons (Fsp3) is 0.0667. The molecule has 1 heterocycles. The summed E-state index contributed by atoms with van der Waals surface area (Å²) in [7, 11) is 0. The van der Waals surface area contributed by atoms with Crippen molar-refractivity contribution in [1.29, 1.82) is 0 Å². The van der Waals surface area contributed by atoms with Gasteiger partial charge in [0.05, 0.1) is 11.4 Å². The van der Waals surface area contributed by atoms with Crippen LogP contribution in [0.5, 0.6) is 0 Å². The number of para-hydroxylation sites is 1. The first-order valence-corrected chi connectivity index (χ1v) is 6.80. The summed E-state index contributed by atoms with van der Waals surface area (Å²) >= 11 is 1.69. The van der Waals surface area contributed by atoms with E-state index in [1.807, 2.05) is 48.5 Å². The lowest BCUT2D eigenvalue weighted by Crippen LogP contribution is -1.98. The number of hydrogen-bond acceptors (Lipinski definition) is 2. The molecule has 2 aromatic carbocycles. The second kappa shape index (κ2) is 5.19. The number of aliphatic imine (C=N–C) groups is 2. The Morgan fingerprint density at radius 1 is 0.889 bits per heavy atom. The fourth-order valence-corrected chi connectivity index (χ4v) is 2.60. The fourth-order valence-electron chi connectivity index (χ4n) is 1.76. The molecular formula is C15H12N2S. The van der Waals surface area contributed by atoms with Crippen LogP contribution in [0.25, 0.3) is 0 Å². The molecule has 0 spiro atoms.